The van der Waals surface area contributed by atoms with Crippen LogP contribution in [0.3, 0.4) is 0 Å². The van der Waals surface area contributed by atoms with Crippen LogP contribution in [0, 0.1) is 0 Å². The van der Waals surface area contributed by atoms with Crippen molar-refractivity contribution in [3.63, 3.8) is 0 Å². The van der Waals surface area contributed by atoms with Gasteiger partial charge in [0.05, 0.1) is 6.61 Å². The number of benzene rings is 1. The third-order valence-electron chi connectivity index (χ3n) is 4.22. The molecule has 1 aromatic rings. The molecule has 1 aliphatic rings. The molecule has 0 spiro atoms. The van der Waals surface area contributed by atoms with Crippen molar-refractivity contribution in [1.29, 1.82) is 0 Å². The average Bonchev–Trinajstić information content (AvgIpc) is 2.49. The smallest absolute Gasteiger partial charge is 0.407 e. The SMILES string of the molecule is CCOc1cccc(C2(CC=O)CCN(C(=O)O)CC2)c1. The number of nitrogens with zero attached hydrogens (tertiary/aromatic N) is 1. The minimum absolute atomic E-state index is 0.277. The minimum Gasteiger partial charge on any atom is -0.494 e. The van der Waals surface area contributed by atoms with E-state index >= 15 is 0 Å². The summed E-state index contributed by atoms with van der Waals surface area (Å²) in [6, 6.07) is 7.80. The molecule has 1 saturated heterocycles. The lowest BCUT2D eigenvalue weighted by atomic mass is 9.71. The van der Waals surface area contributed by atoms with Gasteiger partial charge in [0.15, 0.2) is 0 Å². The van der Waals surface area contributed by atoms with Gasteiger partial charge in [0.25, 0.3) is 0 Å². The Morgan fingerprint density at radius 1 is 1.43 bits per heavy atom. The Bertz CT molecular complexity index is 507. The van der Waals surface area contributed by atoms with Crippen molar-refractivity contribution in [2.45, 2.75) is 31.6 Å². The monoisotopic (exact) mass is 291 g/mol. The highest BCUT2D eigenvalue weighted by molar-refractivity contribution is 5.65. The van der Waals surface area contributed by atoms with Crippen LogP contribution < -0.4 is 4.74 Å². The Morgan fingerprint density at radius 3 is 2.71 bits per heavy atom. The number of hydrogen-bond acceptors (Lipinski definition) is 3. The van der Waals surface area contributed by atoms with Crippen molar-refractivity contribution in [1.82, 2.24) is 4.90 Å². The van der Waals surface area contributed by atoms with Gasteiger partial charge in [-0.3, -0.25) is 0 Å². The molecule has 1 N–H and O–H groups in total. The van der Waals surface area contributed by atoms with E-state index in [1.807, 2.05) is 31.2 Å². The molecule has 2 rings (SSSR count). The zero-order valence-corrected chi connectivity index (χ0v) is 12.2. The van der Waals surface area contributed by atoms with Crippen LogP contribution in [0.2, 0.25) is 0 Å². The minimum atomic E-state index is -0.891. The van der Waals surface area contributed by atoms with Crippen molar-refractivity contribution in [2.24, 2.45) is 0 Å². The maximum atomic E-state index is 11.1. The van der Waals surface area contributed by atoms with Gasteiger partial charge in [-0.1, -0.05) is 12.1 Å². The van der Waals surface area contributed by atoms with Crippen LogP contribution in [0.4, 0.5) is 4.79 Å². The number of likely N-dealkylation sites (tertiary alicyclic amines) is 1. The number of carboxylic acid groups (broad SMARTS) is 1. The standard InChI is InChI=1S/C16H21NO4/c1-2-21-14-5-3-4-13(12-14)16(8-11-18)6-9-17(10-7-16)15(19)20/h3-5,11-12H,2,6-10H2,1H3,(H,19,20). The Morgan fingerprint density at radius 2 is 2.14 bits per heavy atom. The fourth-order valence-corrected chi connectivity index (χ4v) is 2.98. The van der Waals surface area contributed by atoms with Crippen molar-refractivity contribution in [3.8, 4) is 5.75 Å². The number of amides is 1. The van der Waals surface area contributed by atoms with Crippen molar-refractivity contribution < 1.29 is 19.4 Å². The molecule has 114 valence electrons. The maximum absolute atomic E-state index is 11.1. The molecule has 5 heteroatoms. The first-order valence-corrected chi connectivity index (χ1v) is 7.26. The van der Waals surface area contributed by atoms with Gasteiger partial charge in [0.1, 0.15) is 12.0 Å². The van der Waals surface area contributed by atoms with Crippen molar-refractivity contribution in [2.75, 3.05) is 19.7 Å². The molecule has 5 nitrogen and oxygen atoms in total. The van der Waals surface area contributed by atoms with E-state index in [1.165, 1.54) is 4.90 Å². The summed E-state index contributed by atoms with van der Waals surface area (Å²) in [5.41, 5.74) is 0.784. The fraction of sp³-hybridized carbons (Fsp3) is 0.500. The summed E-state index contributed by atoms with van der Waals surface area (Å²) in [6.45, 7) is 3.44. The summed E-state index contributed by atoms with van der Waals surface area (Å²) in [5, 5.41) is 9.06. The molecule has 0 aliphatic carbocycles. The summed E-state index contributed by atoms with van der Waals surface area (Å²) in [4.78, 5) is 23.6. The second-order valence-corrected chi connectivity index (χ2v) is 5.38. The lowest BCUT2D eigenvalue weighted by Gasteiger charge is -2.40. The van der Waals surface area contributed by atoms with E-state index in [9.17, 15) is 9.59 Å². The summed E-state index contributed by atoms with van der Waals surface area (Å²) in [7, 11) is 0. The molecule has 0 unspecified atom stereocenters. The largest absolute Gasteiger partial charge is 0.494 e. The van der Waals surface area contributed by atoms with E-state index in [0.717, 1.165) is 17.6 Å². The second kappa shape index (κ2) is 6.61. The summed E-state index contributed by atoms with van der Waals surface area (Å²) >= 11 is 0. The zero-order chi connectivity index (χ0) is 15.3. The lowest BCUT2D eigenvalue weighted by molar-refractivity contribution is -0.109. The number of ether oxygens (including phenoxy) is 1. The molecule has 0 aromatic heterocycles. The topological polar surface area (TPSA) is 66.8 Å². The predicted octanol–water partition coefficient (Wildman–Crippen LogP) is 2.69. The van der Waals surface area contributed by atoms with Gasteiger partial charge >= 0.3 is 6.09 Å². The second-order valence-electron chi connectivity index (χ2n) is 5.38. The highest BCUT2D eigenvalue weighted by atomic mass is 16.5. The van der Waals surface area contributed by atoms with Crippen LogP contribution in [0.5, 0.6) is 5.75 Å². The Labute approximate surface area is 124 Å². The van der Waals surface area contributed by atoms with Crippen LogP contribution in [0.25, 0.3) is 0 Å². The van der Waals surface area contributed by atoms with Gasteiger partial charge in [-0.2, -0.15) is 0 Å². The highest BCUT2D eigenvalue weighted by Crippen LogP contribution is 2.39. The third-order valence-corrected chi connectivity index (χ3v) is 4.22. The third kappa shape index (κ3) is 3.35. The average molecular weight is 291 g/mol. The van der Waals surface area contributed by atoms with Gasteiger partial charge in [0.2, 0.25) is 0 Å². The molecular formula is C16H21NO4. The highest BCUT2D eigenvalue weighted by Gasteiger charge is 2.37. The van der Waals surface area contributed by atoms with Crippen LogP contribution in [0.1, 0.15) is 31.7 Å². The predicted molar refractivity (Wildman–Crippen MR) is 78.8 cm³/mol. The molecule has 0 bridgehead atoms. The van der Waals surface area contributed by atoms with E-state index in [0.29, 0.717) is 39.0 Å². The quantitative estimate of drug-likeness (QED) is 0.847. The number of hydrogen-bond donors (Lipinski definition) is 1. The van der Waals surface area contributed by atoms with Gasteiger partial charge < -0.3 is 19.5 Å². The summed E-state index contributed by atoms with van der Waals surface area (Å²) in [5.74, 6) is 0.793. The van der Waals surface area contributed by atoms with Gasteiger partial charge in [0, 0.05) is 24.9 Å². The first kappa shape index (κ1) is 15.4. The van der Waals surface area contributed by atoms with E-state index in [2.05, 4.69) is 0 Å². The molecule has 0 atom stereocenters. The molecule has 1 aliphatic heterocycles. The first-order chi connectivity index (χ1) is 10.1. The molecule has 0 radical (unpaired) electrons. The normalized spacial score (nSPS) is 17.3. The van der Waals surface area contributed by atoms with E-state index < -0.39 is 6.09 Å². The van der Waals surface area contributed by atoms with Crippen molar-refractivity contribution in [3.05, 3.63) is 29.8 Å². The molecule has 1 fully saturated rings. The number of carbonyl (C=O) groups excluding carboxylic acids is 1. The molecule has 1 heterocycles. The number of piperidine rings is 1. The Hall–Kier alpha value is -2.04. The van der Waals surface area contributed by atoms with Crippen molar-refractivity contribution >= 4 is 12.4 Å². The molecule has 0 saturated carbocycles. The van der Waals surface area contributed by atoms with Gasteiger partial charge in [-0.05, 0) is 37.5 Å². The van der Waals surface area contributed by atoms with E-state index in [1.54, 1.807) is 0 Å². The Balaban J connectivity index is 2.24. The van der Waals surface area contributed by atoms with E-state index in [4.69, 9.17) is 9.84 Å². The molecular weight excluding hydrogens is 270 g/mol. The maximum Gasteiger partial charge on any atom is 0.407 e. The van der Waals surface area contributed by atoms with Gasteiger partial charge in [-0.25, -0.2) is 4.79 Å². The number of carbonyl (C=O) groups is 2. The van der Waals surface area contributed by atoms with Crippen LogP contribution in [0.15, 0.2) is 24.3 Å². The molecule has 21 heavy (non-hydrogen) atoms. The fourth-order valence-electron chi connectivity index (χ4n) is 2.98. The van der Waals surface area contributed by atoms with Gasteiger partial charge in [-0.15, -0.1) is 0 Å². The molecule has 1 amide bonds. The summed E-state index contributed by atoms with van der Waals surface area (Å²) in [6.07, 6.45) is 1.78. The number of rotatable bonds is 5. The first-order valence-electron chi connectivity index (χ1n) is 7.26. The lowest BCUT2D eigenvalue weighted by Crippen LogP contribution is -2.44. The van der Waals surface area contributed by atoms with Crippen LogP contribution >= 0.6 is 0 Å². The zero-order valence-electron chi connectivity index (χ0n) is 12.2. The molecule has 1 aromatic carbocycles. The van der Waals surface area contributed by atoms with Crippen LogP contribution in [-0.2, 0) is 10.2 Å². The Kier molecular flexibility index (Phi) is 4.83. The summed E-state index contributed by atoms with van der Waals surface area (Å²) < 4.78 is 5.53. The van der Waals surface area contributed by atoms with E-state index in [-0.39, 0.29) is 5.41 Å². The number of aldehydes is 1. The van der Waals surface area contributed by atoms with Crippen LogP contribution in [-0.4, -0.2) is 42.1 Å².